The van der Waals surface area contributed by atoms with Crippen LogP contribution in [0.25, 0.3) is 0 Å². The van der Waals surface area contributed by atoms with Crippen LogP contribution in [-0.4, -0.2) is 106 Å². The van der Waals surface area contributed by atoms with Crippen molar-refractivity contribution in [2.45, 2.75) is 262 Å². The van der Waals surface area contributed by atoms with Crippen molar-refractivity contribution in [3.05, 3.63) is 0 Å². The van der Waals surface area contributed by atoms with Crippen LogP contribution in [0, 0.1) is 17.8 Å². The fourth-order valence-corrected chi connectivity index (χ4v) is 8.94. The van der Waals surface area contributed by atoms with E-state index in [1.807, 2.05) is 0 Å². The zero-order valence-electron chi connectivity index (χ0n) is 38.8. The molecule has 11 heteroatoms. The van der Waals surface area contributed by atoms with E-state index in [-0.39, 0.29) is 24.9 Å². The molecule has 1 fully saturated rings. The number of ether oxygens (including phenoxy) is 3. The summed E-state index contributed by atoms with van der Waals surface area (Å²) in [4.78, 5) is 13.6. The summed E-state index contributed by atoms with van der Waals surface area (Å²) in [7, 11) is 1.37. The zero-order chi connectivity index (χ0) is 43.8. The number of carbonyl (C=O) groups is 1. The normalized spacial score (nSPS) is 22.4. The molecule has 0 aromatic heterocycles. The minimum Gasteiger partial charge on any atom is -0.394 e. The quantitative estimate of drug-likeness (QED) is 0.0236. The van der Waals surface area contributed by atoms with Crippen LogP contribution in [0.1, 0.15) is 208 Å². The minimum absolute atomic E-state index is 0.0000336. The van der Waals surface area contributed by atoms with Crippen molar-refractivity contribution in [1.29, 1.82) is 0 Å². The van der Waals surface area contributed by atoms with E-state index in [1.165, 1.54) is 97.0 Å². The molecule has 0 radical (unpaired) electrons. The Labute approximate surface area is 367 Å². The highest BCUT2D eigenvalue weighted by atomic mass is 32.1. The molecule has 1 aliphatic heterocycles. The van der Waals surface area contributed by atoms with Crippen LogP contribution >= 0.6 is 12.6 Å². The number of aliphatic hydroxyl groups is 5. The molecule has 1 aliphatic rings. The van der Waals surface area contributed by atoms with E-state index in [9.17, 15) is 30.3 Å². The lowest BCUT2D eigenvalue weighted by Crippen LogP contribution is -2.60. The van der Waals surface area contributed by atoms with Gasteiger partial charge < -0.3 is 45.1 Å². The topological polar surface area (TPSA) is 158 Å². The van der Waals surface area contributed by atoms with Crippen molar-refractivity contribution in [3.63, 3.8) is 0 Å². The maximum absolute atomic E-state index is 13.6. The van der Waals surface area contributed by atoms with E-state index in [4.69, 9.17) is 26.8 Å². The highest BCUT2D eigenvalue weighted by molar-refractivity contribution is 7.80. The molecule has 352 valence electrons. The van der Waals surface area contributed by atoms with Crippen molar-refractivity contribution in [3.8, 4) is 0 Å². The van der Waals surface area contributed by atoms with E-state index >= 15 is 0 Å². The van der Waals surface area contributed by atoms with Crippen molar-refractivity contribution < 1.29 is 44.5 Å². The summed E-state index contributed by atoms with van der Waals surface area (Å²) >= 11 is 4.76. The number of nitrogens with one attached hydrogen (secondary N) is 1. The molecule has 6 N–H and O–H groups in total. The smallest absolute Gasteiger partial charge is 0.222 e. The van der Waals surface area contributed by atoms with Crippen LogP contribution in [0.3, 0.4) is 0 Å². The molecule has 1 amide bonds. The number of unbranched alkanes of at least 4 members (excludes halogenated alkanes) is 15. The Bertz CT molecular complexity index is 977. The summed E-state index contributed by atoms with van der Waals surface area (Å²) in [6.45, 7) is 10.6. The molecular weight excluding hydrogens is 767 g/mol. The Morgan fingerprint density at radius 1 is 0.661 bits per heavy atom. The van der Waals surface area contributed by atoms with E-state index in [1.54, 1.807) is 0 Å². The van der Waals surface area contributed by atoms with Gasteiger partial charge in [0.25, 0.3) is 0 Å². The van der Waals surface area contributed by atoms with Crippen LogP contribution in [0.15, 0.2) is 0 Å². The van der Waals surface area contributed by atoms with Gasteiger partial charge in [0.15, 0.2) is 6.29 Å². The first-order chi connectivity index (χ1) is 28.3. The molecule has 10 nitrogen and oxygen atoms in total. The number of rotatable bonds is 39. The summed E-state index contributed by atoms with van der Waals surface area (Å²) in [5, 5.41) is 57.0. The lowest BCUT2D eigenvalue weighted by atomic mass is 9.88. The molecule has 1 rings (SSSR count). The third-order valence-corrected chi connectivity index (χ3v) is 12.9. The van der Waals surface area contributed by atoms with Gasteiger partial charge in [0.1, 0.15) is 24.4 Å². The molecule has 0 aliphatic carbocycles. The van der Waals surface area contributed by atoms with E-state index < -0.39 is 55.6 Å². The van der Waals surface area contributed by atoms with Crippen LogP contribution in [0.5, 0.6) is 0 Å². The molecule has 0 bridgehead atoms. The number of amides is 1. The summed E-state index contributed by atoms with van der Waals surface area (Å²) in [5.74, 6) is 1.21. The molecule has 0 spiro atoms. The fraction of sp³-hybridized carbons (Fsp3) is 0.979. The monoisotopic (exact) mass is 862 g/mol. The SMILES string of the molecule is CCCC(S)CCCC(CCCCCCCCCCC(C)C)[C@@H](O)CC(=O)N[C@@H](CO[C@H]1OC(CO)[C@H](O)C(O)C1OC)[C@H](O)CCCCCCCCCCCC(C)C. The van der Waals surface area contributed by atoms with Gasteiger partial charge in [-0.25, -0.2) is 0 Å². The molecule has 0 saturated carbocycles. The highest BCUT2D eigenvalue weighted by Gasteiger charge is 2.45. The average Bonchev–Trinajstić information content (AvgIpc) is 3.19. The van der Waals surface area contributed by atoms with Gasteiger partial charge in [-0.05, 0) is 49.9 Å². The molecule has 5 unspecified atom stereocenters. The Kier molecular flexibility index (Phi) is 34.4. The number of carbonyl (C=O) groups excluding carboxylic acids is 1. The fourth-order valence-electron chi connectivity index (χ4n) is 8.50. The number of thiol groups is 1. The van der Waals surface area contributed by atoms with Gasteiger partial charge in [-0.15, -0.1) is 0 Å². The van der Waals surface area contributed by atoms with Crippen molar-refractivity contribution in [2.75, 3.05) is 20.3 Å². The molecule has 1 heterocycles. The lowest BCUT2D eigenvalue weighted by molar-refractivity contribution is -0.307. The second kappa shape index (κ2) is 35.9. The van der Waals surface area contributed by atoms with E-state index in [0.717, 1.165) is 82.5 Å². The Balaban J connectivity index is 2.82. The zero-order valence-corrected chi connectivity index (χ0v) is 39.6. The predicted octanol–water partition coefficient (Wildman–Crippen LogP) is 9.44. The molecular formula is C48H95NO9S. The number of aliphatic hydroxyl groups excluding tert-OH is 5. The standard InChI is InChI=1S/C48H95NO9S/c1-7-26-39(59)31-25-30-38(29-23-19-15-12-11-14-18-22-28-37(4)5)42(52)33-44(53)49-40(35-57-48-47(56-6)46(55)45(54)43(34-50)58-48)41(51)32-24-20-16-10-8-9-13-17-21-27-36(2)3/h36-43,45-48,50-52,54-55,59H,7-35H2,1-6H3,(H,49,53)/t38?,39?,40-,41+,42-,43?,45-,46?,47?,48-/m0/s1. The molecule has 1 saturated heterocycles. The van der Waals surface area contributed by atoms with Gasteiger partial charge in [0.05, 0.1) is 37.9 Å². The van der Waals surface area contributed by atoms with Crippen LogP contribution in [-0.2, 0) is 19.0 Å². The third kappa shape index (κ3) is 27.3. The van der Waals surface area contributed by atoms with Crippen molar-refractivity contribution >= 4 is 18.5 Å². The Morgan fingerprint density at radius 3 is 1.61 bits per heavy atom. The van der Waals surface area contributed by atoms with Crippen molar-refractivity contribution in [2.24, 2.45) is 17.8 Å². The molecule has 59 heavy (non-hydrogen) atoms. The Hall–Kier alpha value is -0.500. The van der Waals surface area contributed by atoms with Crippen LogP contribution in [0.2, 0.25) is 0 Å². The Morgan fingerprint density at radius 2 is 1.14 bits per heavy atom. The second-order valence-electron chi connectivity index (χ2n) is 18.8. The maximum atomic E-state index is 13.6. The van der Waals surface area contributed by atoms with E-state index in [2.05, 4.69) is 39.9 Å². The first kappa shape index (κ1) is 56.5. The highest BCUT2D eigenvalue weighted by Crippen LogP contribution is 2.27. The van der Waals surface area contributed by atoms with Crippen molar-refractivity contribution in [1.82, 2.24) is 5.32 Å². The summed E-state index contributed by atoms with van der Waals surface area (Å²) in [6, 6.07) is -0.805. The first-order valence-electron chi connectivity index (χ1n) is 24.4. The van der Waals surface area contributed by atoms with Gasteiger partial charge in [0, 0.05) is 12.4 Å². The summed E-state index contributed by atoms with van der Waals surface area (Å²) in [6.07, 6.45) is 21.4. The number of hydrogen-bond acceptors (Lipinski definition) is 10. The largest absolute Gasteiger partial charge is 0.394 e. The summed E-state index contributed by atoms with van der Waals surface area (Å²) in [5.41, 5.74) is 0. The average molecular weight is 862 g/mol. The van der Waals surface area contributed by atoms with Gasteiger partial charge >= 0.3 is 0 Å². The van der Waals surface area contributed by atoms with Gasteiger partial charge in [-0.1, -0.05) is 169 Å². The third-order valence-electron chi connectivity index (χ3n) is 12.4. The van der Waals surface area contributed by atoms with Crippen LogP contribution in [0.4, 0.5) is 0 Å². The summed E-state index contributed by atoms with van der Waals surface area (Å²) < 4.78 is 17.2. The number of methoxy groups -OCH3 is 1. The maximum Gasteiger partial charge on any atom is 0.222 e. The molecule has 0 aromatic carbocycles. The van der Waals surface area contributed by atoms with Crippen LogP contribution < -0.4 is 5.32 Å². The van der Waals surface area contributed by atoms with E-state index in [0.29, 0.717) is 11.7 Å². The predicted molar refractivity (Wildman–Crippen MR) is 245 cm³/mol. The minimum atomic E-state index is -1.36. The number of hydrogen-bond donors (Lipinski definition) is 7. The molecule has 0 aromatic rings. The second-order valence-corrected chi connectivity index (χ2v) is 19.6. The van der Waals surface area contributed by atoms with Gasteiger partial charge in [-0.3, -0.25) is 4.79 Å². The lowest BCUT2D eigenvalue weighted by Gasteiger charge is -2.41. The molecule has 10 atom stereocenters. The first-order valence-corrected chi connectivity index (χ1v) is 25.0. The van der Waals surface area contributed by atoms with Gasteiger partial charge in [-0.2, -0.15) is 12.6 Å². The van der Waals surface area contributed by atoms with Gasteiger partial charge in [0.2, 0.25) is 5.91 Å².